The van der Waals surface area contributed by atoms with Gasteiger partial charge in [-0.25, -0.2) is 4.39 Å². The summed E-state index contributed by atoms with van der Waals surface area (Å²) in [5.74, 6) is -0.647. The lowest BCUT2D eigenvalue weighted by Crippen LogP contribution is -2.28. The number of likely N-dealkylation sites (N-methyl/N-ethyl adjacent to an activating group) is 1. The first-order valence-electron chi connectivity index (χ1n) is 9.62. The van der Waals surface area contributed by atoms with E-state index >= 15 is 0 Å². The van der Waals surface area contributed by atoms with Crippen LogP contribution in [0, 0.1) is 5.82 Å². The second kappa shape index (κ2) is 7.99. The maximum atomic E-state index is 13.4. The number of hydrogen-bond acceptors (Lipinski definition) is 3. The molecule has 6 heteroatoms. The van der Waals surface area contributed by atoms with Gasteiger partial charge in [0, 0.05) is 25.2 Å². The average molecular weight is 404 g/mol. The van der Waals surface area contributed by atoms with Crippen molar-refractivity contribution in [2.45, 2.75) is 12.0 Å². The Hall–Kier alpha value is -3.67. The van der Waals surface area contributed by atoms with Crippen molar-refractivity contribution < 1.29 is 18.7 Å². The molecule has 152 valence electrons. The highest BCUT2D eigenvalue weighted by atomic mass is 19.1. The maximum absolute atomic E-state index is 13.4. The molecular weight excluding hydrogens is 383 g/mol. The Morgan fingerprint density at radius 1 is 0.900 bits per heavy atom. The Kier molecular flexibility index (Phi) is 5.23. The number of amides is 2. The highest BCUT2D eigenvalue weighted by Crippen LogP contribution is 2.47. The number of hydrogen-bond donors (Lipinski definition) is 2. The number of ether oxygens (including phenoxy) is 1. The molecule has 1 aliphatic rings. The van der Waals surface area contributed by atoms with Gasteiger partial charge >= 0.3 is 0 Å². The number of fused-ring (bicyclic) bond motifs is 1. The number of carbonyl (C=O) groups excluding carboxylic acids is 2. The summed E-state index contributed by atoms with van der Waals surface area (Å²) in [5.41, 5.74) is 3.77. The first kappa shape index (κ1) is 19.6. The van der Waals surface area contributed by atoms with Crippen molar-refractivity contribution in [2.24, 2.45) is 0 Å². The zero-order chi connectivity index (χ0) is 21.3. The summed E-state index contributed by atoms with van der Waals surface area (Å²) in [4.78, 5) is 24.7. The molecule has 2 unspecified atom stereocenters. The molecule has 0 spiro atoms. The Labute approximate surface area is 173 Å². The molecule has 2 atom stereocenters. The number of carbonyl (C=O) groups is 2. The van der Waals surface area contributed by atoms with Crippen molar-refractivity contribution >= 4 is 11.8 Å². The Balaban J connectivity index is 1.75. The summed E-state index contributed by atoms with van der Waals surface area (Å²) in [7, 11) is 3.17. The zero-order valence-corrected chi connectivity index (χ0v) is 16.6. The topological polar surface area (TPSA) is 67.4 Å². The van der Waals surface area contributed by atoms with Gasteiger partial charge < -0.3 is 15.4 Å². The monoisotopic (exact) mass is 404 g/mol. The first-order valence-corrected chi connectivity index (χ1v) is 9.62. The van der Waals surface area contributed by atoms with Gasteiger partial charge in [-0.3, -0.25) is 9.59 Å². The molecule has 2 amide bonds. The van der Waals surface area contributed by atoms with Gasteiger partial charge in [-0.05, 0) is 53.1 Å². The fourth-order valence-corrected chi connectivity index (χ4v) is 3.78. The highest BCUT2D eigenvalue weighted by Gasteiger charge is 2.40. The summed E-state index contributed by atoms with van der Waals surface area (Å²) in [5, 5.41) is 5.32. The van der Waals surface area contributed by atoms with Crippen LogP contribution in [0.25, 0.3) is 11.1 Å². The quantitative estimate of drug-likeness (QED) is 0.695. The van der Waals surface area contributed by atoms with Gasteiger partial charge in [0.05, 0.1) is 0 Å². The van der Waals surface area contributed by atoms with Crippen molar-refractivity contribution in [3.05, 3.63) is 89.2 Å². The van der Waals surface area contributed by atoms with Crippen LogP contribution in [-0.2, 0) is 4.79 Å². The van der Waals surface area contributed by atoms with E-state index in [9.17, 15) is 14.0 Å². The van der Waals surface area contributed by atoms with Crippen molar-refractivity contribution in [3.8, 4) is 16.9 Å². The predicted molar refractivity (Wildman–Crippen MR) is 112 cm³/mol. The molecule has 0 bridgehead atoms. The fourth-order valence-electron chi connectivity index (χ4n) is 3.78. The molecule has 0 aromatic heterocycles. The third kappa shape index (κ3) is 3.52. The van der Waals surface area contributed by atoms with Crippen molar-refractivity contribution in [1.82, 2.24) is 10.6 Å². The van der Waals surface area contributed by atoms with E-state index in [1.54, 1.807) is 32.3 Å². The Morgan fingerprint density at radius 2 is 1.63 bits per heavy atom. The number of nitrogens with one attached hydrogen (secondary N) is 2. The largest absolute Gasteiger partial charge is 0.484 e. The van der Waals surface area contributed by atoms with Gasteiger partial charge in [-0.2, -0.15) is 0 Å². The molecule has 1 heterocycles. The molecule has 5 nitrogen and oxygen atoms in total. The Bertz CT molecular complexity index is 1110. The summed E-state index contributed by atoms with van der Waals surface area (Å²) in [6.07, 6.45) is -0.548. The van der Waals surface area contributed by atoms with Gasteiger partial charge in [-0.1, -0.05) is 30.3 Å². The Morgan fingerprint density at radius 3 is 2.33 bits per heavy atom. The first-order chi connectivity index (χ1) is 14.5. The molecule has 0 aliphatic carbocycles. The normalized spacial score (nSPS) is 17.0. The summed E-state index contributed by atoms with van der Waals surface area (Å²) in [6.45, 7) is 0. The smallest absolute Gasteiger partial charge is 0.251 e. The van der Waals surface area contributed by atoms with E-state index in [1.807, 2.05) is 36.4 Å². The van der Waals surface area contributed by atoms with E-state index in [4.69, 9.17) is 4.74 Å². The lowest BCUT2D eigenvalue weighted by atomic mass is 9.88. The van der Waals surface area contributed by atoms with E-state index in [2.05, 4.69) is 10.6 Å². The van der Waals surface area contributed by atoms with Crippen LogP contribution in [0.5, 0.6) is 5.75 Å². The lowest BCUT2D eigenvalue weighted by Gasteiger charge is -2.18. The van der Waals surface area contributed by atoms with Crippen LogP contribution >= 0.6 is 0 Å². The van der Waals surface area contributed by atoms with Crippen LogP contribution in [0.15, 0.2) is 66.7 Å². The third-order valence-electron chi connectivity index (χ3n) is 5.31. The van der Waals surface area contributed by atoms with Crippen LogP contribution in [0.3, 0.4) is 0 Å². The number of rotatable bonds is 4. The van der Waals surface area contributed by atoms with Gasteiger partial charge in [0.1, 0.15) is 23.6 Å². The standard InChI is InChI=1S/C24H21FN2O3/c1-26-23(28)17-5-3-4-15(12-17)16-8-11-20-19(13-16)21(24(29)27-2)22(30-20)14-6-9-18(25)10-7-14/h3-13,21-22H,1-2H3,(H,26,28)(H,27,29). The van der Waals surface area contributed by atoms with Gasteiger partial charge in [0.25, 0.3) is 5.91 Å². The lowest BCUT2D eigenvalue weighted by molar-refractivity contribution is -0.123. The van der Waals surface area contributed by atoms with Crippen LogP contribution < -0.4 is 15.4 Å². The second-order valence-corrected chi connectivity index (χ2v) is 7.09. The van der Waals surface area contributed by atoms with Crippen molar-refractivity contribution in [2.75, 3.05) is 14.1 Å². The molecule has 30 heavy (non-hydrogen) atoms. The molecule has 0 radical (unpaired) electrons. The van der Waals surface area contributed by atoms with Crippen molar-refractivity contribution in [3.63, 3.8) is 0 Å². The molecule has 0 saturated carbocycles. The summed E-state index contributed by atoms with van der Waals surface area (Å²) in [6, 6.07) is 18.9. The molecule has 0 saturated heterocycles. The van der Waals surface area contributed by atoms with Crippen molar-refractivity contribution in [1.29, 1.82) is 0 Å². The van der Waals surface area contributed by atoms with Crippen LogP contribution in [0.4, 0.5) is 4.39 Å². The second-order valence-electron chi connectivity index (χ2n) is 7.09. The van der Waals surface area contributed by atoms with E-state index in [-0.39, 0.29) is 17.6 Å². The summed E-state index contributed by atoms with van der Waals surface area (Å²) < 4.78 is 19.5. The van der Waals surface area contributed by atoms with Gasteiger partial charge in [0.15, 0.2) is 0 Å². The number of benzene rings is 3. The van der Waals surface area contributed by atoms with E-state index < -0.39 is 12.0 Å². The van der Waals surface area contributed by atoms with Crippen LogP contribution in [-0.4, -0.2) is 25.9 Å². The third-order valence-corrected chi connectivity index (χ3v) is 5.31. The minimum atomic E-state index is -0.572. The number of halogens is 1. The average Bonchev–Trinajstić information content (AvgIpc) is 3.17. The van der Waals surface area contributed by atoms with Crippen LogP contribution in [0.1, 0.15) is 33.5 Å². The van der Waals surface area contributed by atoms with E-state index in [0.29, 0.717) is 11.3 Å². The molecule has 3 aromatic rings. The van der Waals surface area contributed by atoms with Gasteiger partial charge in [0.2, 0.25) is 5.91 Å². The maximum Gasteiger partial charge on any atom is 0.251 e. The van der Waals surface area contributed by atoms with E-state index in [1.165, 1.54) is 12.1 Å². The van der Waals surface area contributed by atoms with E-state index in [0.717, 1.165) is 22.3 Å². The van der Waals surface area contributed by atoms with Crippen LogP contribution in [0.2, 0.25) is 0 Å². The minimum Gasteiger partial charge on any atom is -0.484 e. The molecule has 3 aromatic carbocycles. The molecular formula is C24H21FN2O3. The predicted octanol–water partition coefficient (Wildman–Crippen LogP) is 3.82. The SMILES string of the molecule is CNC(=O)c1cccc(-c2ccc3c(c2)C(C(=O)NC)C(c2ccc(F)cc2)O3)c1. The van der Waals surface area contributed by atoms with Gasteiger partial charge in [-0.15, -0.1) is 0 Å². The zero-order valence-electron chi connectivity index (χ0n) is 16.6. The molecule has 2 N–H and O–H groups in total. The summed E-state index contributed by atoms with van der Waals surface area (Å²) >= 11 is 0. The fraction of sp³-hybridized carbons (Fsp3) is 0.167. The molecule has 0 fully saturated rings. The molecule has 4 rings (SSSR count). The molecule has 1 aliphatic heterocycles. The minimum absolute atomic E-state index is 0.166. The highest BCUT2D eigenvalue weighted by molar-refractivity contribution is 5.95.